The first-order valence-corrected chi connectivity index (χ1v) is 6.23. The molecule has 0 radical (unpaired) electrons. The lowest BCUT2D eigenvalue weighted by molar-refractivity contribution is -0.144. The predicted octanol–water partition coefficient (Wildman–Crippen LogP) is 0.0940. The Kier molecular flexibility index (Phi) is 4.28. The molecular formula is C12H15N3O3S. The van der Waals surface area contributed by atoms with Crippen LogP contribution in [0.25, 0.3) is 0 Å². The molecule has 1 fully saturated rings. The number of nitrogens with two attached hydrogens (primary N) is 1. The Morgan fingerprint density at radius 1 is 1.63 bits per heavy atom. The summed E-state index contributed by atoms with van der Waals surface area (Å²) < 4.78 is 10.1. The number of thiocarbonyl (C=S) groups is 1. The van der Waals surface area contributed by atoms with E-state index in [2.05, 4.69) is 4.98 Å². The number of carbonyl (C=O) groups is 1. The summed E-state index contributed by atoms with van der Waals surface area (Å²) in [6.45, 7) is 1.38. The molecule has 0 aromatic carbocycles. The molecule has 1 aromatic rings. The molecule has 2 heterocycles. The van der Waals surface area contributed by atoms with E-state index in [-0.39, 0.29) is 17.6 Å². The van der Waals surface area contributed by atoms with E-state index >= 15 is 0 Å². The van der Waals surface area contributed by atoms with Gasteiger partial charge in [-0.05, 0) is 12.1 Å². The molecule has 1 aliphatic rings. The van der Waals surface area contributed by atoms with Crippen LogP contribution in [0.2, 0.25) is 0 Å². The molecule has 2 N–H and O–H groups in total. The summed E-state index contributed by atoms with van der Waals surface area (Å²) in [5.74, 6) is 0.297. The molecular weight excluding hydrogens is 266 g/mol. The number of hydrogen-bond donors (Lipinski definition) is 1. The number of methoxy groups -OCH3 is 1. The summed E-state index contributed by atoms with van der Waals surface area (Å²) in [6, 6.07) is 4.86. The number of morpholine rings is 1. The van der Waals surface area contributed by atoms with Gasteiger partial charge in [-0.25, -0.2) is 9.78 Å². The molecule has 1 aromatic heterocycles. The van der Waals surface area contributed by atoms with Gasteiger partial charge in [-0.15, -0.1) is 0 Å². The molecule has 6 nitrogen and oxygen atoms in total. The zero-order valence-electron chi connectivity index (χ0n) is 10.5. The van der Waals surface area contributed by atoms with Gasteiger partial charge in [0.25, 0.3) is 0 Å². The second kappa shape index (κ2) is 5.94. The molecule has 1 unspecified atom stereocenters. The first kappa shape index (κ1) is 13.7. The highest BCUT2D eigenvalue weighted by atomic mass is 32.1. The van der Waals surface area contributed by atoms with E-state index in [1.807, 2.05) is 11.0 Å². The molecule has 0 amide bonds. The fraction of sp³-hybridized carbons (Fsp3) is 0.417. The van der Waals surface area contributed by atoms with E-state index in [1.165, 1.54) is 7.11 Å². The van der Waals surface area contributed by atoms with Gasteiger partial charge in [0.2, 0.25) is 0 Å². The maximum absolute atomic E-state index is 11.7. The number of anilines is 1. The van der Waals surface area contributed by atoms with E-state index in [9.17, 15) is 4.79 Å². The lowest BCUT2D eigenvalue weighted by Crippen LogP contribution is -2.51. The molecule has 1 atom stereocenters. The summed E-state index contributed by atoms with van der Waals surface area (Å²) in [6.07, 6.45) is 0. The van der Waals surface area contributed by atoms with Crippen LogP contribution in [0.15, 0.2) is 18.2 Å². The number of aromatic nitrogens is 1. The van der Waals surface area contributed by atoms with Crippen molar-refractivity contribution in [3.8, 4) is 0 Å². The Hall–Kier alpha value is -1.73. The lowest BCUT2D eigenvalue weighted by Gasteiger charge is -2.34. The summed E-state index contributed by atoms with van der Waals surface area (Å²) in [7, 11) is 1.36. The Morgan fingerprint density at radius 3 is 3.11 bits per heavy atom. The molecule has 0 saturated carbocycles. The highest BCUT2D eigenvalue weighted by molar-refractivity contribution is 7.80. The molecule has 0 bridgehead atoms. The summed E-state index contributed by atoms with van der Waals surface area (Å²) in [4.78, 5) is 18.2. The van der Waals surface area contributed by atoms with Crippen LogP contribution in [0.5, 0.6) is 0 Å². The average Bonchev–Trinajstić information content (AvgIpc) is 2.46. The van der Waals surface area contributed by atoms with Crippen LogP contribution < -0.4 is 10.6 Å². The van der Waals surface area contributed by atoms with E-state index in [1.54, 1.807) is 12.1 Å². The van der Waals surface area contributed by atoms with Crippen molar-refractivity contribution in [1.82, 2.24) is 4.98 Å². The van der Waals surface area contributed by atoms with Crippen molar-refractivity contribution in [2.75, 3.05) is 31.8 Å². The van der Waals surface area contributed by atoms with E-state index in [0.717, 1.165) is 0 Å². The highest BCUT2D eigenvalue weighted by Gasteiger charge is 2.31. The minimum absolute atomic E-state index is 0.227. The van der Waals surface area contributed by atoms with Crippen LogP contribution >= 0.6 is 12.2 Å². The van der Waals surface area contributed by atoms with Gasteiger partial charge in [0.1, 0.15) is 10.8 Å². The fourth-order valence-corrected chi connectivity index (χ4v) is 2.04. The quantitative estimate of drug-likeness (QED) is 0.621. The maximum Gasteiger partial charge on any atom is 0.330 e. The van der Waals surface area contributed by atoms with Crippen molar-refractivity contribution < 1.29 is 14.3 Å². The maximum atomic E-state index is 11.7. The number of carbonyl (C=O) groups excluding carboxylic acids is 1. The van der Waals surface area contributed by atoms with Gasteiger partial charge in [-0.3, -0.25) is 0 Å². The minimum atomic E-state index is -0.493. The van der Waals surface area contributed by atoms with Gasteiger partial charge in [0.15, 0.2) is 6.04 Å². The van der Waals surface area contributed by atoms with Gasteiger partial charge < -0.3 is 20.1 Å². The number of hydrogen-bond acceptors (Lipinski definition) is 6. The van der Waals surface area contributed by atoms with Crippen LogP contribution in [0.1, 0.15) is 5.69 Å². The zero-order chi connectivity index (χ0) is 13.8. The highest BCUT2D eigenvalue weighted by Crippen LogP contribution is 2.18. The van der Waals surface area contributed by atoms with E-state index in [0.29, 0.717) is 24.7 Å². The van der Waals surface area contributed by atoms with Gasteiger partial charge in [-0.1, -0.05) is 18.3 Å². The first-order valence-electron chi connectivity index (χ1n) is 5.82. The molecule has 0 spiro atoms. The van der Waals surface area contributed by atoms with Crippen molar-refractivity contribution in [2.45, 2.75) is 6.04 Å². The van der Waals surface area contributed by atoms with Gasteiger partial charge in [-0.2, -0.15) is 0 Å². The Labute approximate surface area is 116 Å². The van der Waals surface area contributed by atoms with Crippen molar-refractivity contribution >= 4 is 29.0 Å². The van der Waals surface area contributed by atoms with Crippen molar-refractivity contribution in [3.05, 3.63) is 23.9 Å². The zero-order valence-corrected chi connectivity index (χ0v) is 11.4. The predicted molar refractivity (Wildman–Crippen MR) is 74.1 cm³/mol. The Morgan fingerprint density at radius 2 is 2.42 bits per heavy atom. The number of nitrogens with zero attached hydrogens (tertiary/aromatic N) is 2. The van der Waals surface area contributed by atoms with Crippen LogP contribution in [0.3, 0.4) is 0 Å². The normalized spacial score (nSPS) is 19.0. The largest absolute Gasteiger partial charge is 0.467 e. The number of pyridine rings is 1. The topological polar surface area (TPSA) is 77.7 Å². The second-order valence-corrected chi connectivity index (χ2v) is 4.49. The number of esters is 1. The second-order valence-electron chi connectivity index (χ2n) is 4.05. The molecule has 2 rings (SSSR count). The SMILES string of the molecule is COC(=O)C1COCCN1c1cccc(C(N)=S)n1. The van der Waals surface area contributed by atoms with Gasteiger partial charge >= 0.3 is 5.97 Å². The van der Waals surface area contributed by atoms with Crippen LogP contribution in [-0.4, -0.2) is 48.9 Å². The van der Waals surface area contributed by atoms with Crippen LogP contribution in [-0.2, 0) is 14.3 Å². The van der Waals surface area contributed by atoms with E-state index in [4.69, 9.17) is 27.4 Å². The smallest absolute Gasteiger partial charge is 0.330 e. The number of ether oxygens (including phenoxy) is 2. The molecule has 1 saturated heterocycles. The molecule has 1 aliphatic heterocycles. The van der Waals surface area contributed by atoms with Crippen molar-refractivity contribution in [1.29, 1.82) is 0 Å². The summed E-state index contributed by atoms with van der Waals surface area (Å²) in [5.41, 5.74) is 6.10. The molecule has 0 aliphatic carbocycles. The third-order valence-corrected chi connectivity index (χ3v) is 3.09. The van der Waals surface area contributed by atoms with Gasteiger partial charge in [0.05, 0.1) is 26.0 Å². The Balaban J connectivity index is 2.29. The lowest BCUT2D eigenvalue weighted by atomic mass is 10.2. The Bertz CT molecular complexity index is 495. The standard InChI is InChI=1S/C12H15N3O3S/c1-17-12(16)9-7-18-6-5-15(9)10-4-2-3-8(14-10)11(13)19/h2-4,9H,5-7H2,1H3,(H2,13,19). The fourth-order valence-electron chi connectivity index (χ4n) is 1.93. The molecule has 102 valence electrons. The van der Waals surface area contributed by atoms with Gasteiger partial charge in [0, 0.05) is 6.54 Å². The van der Waals surface area contributed by atoms with Crippen LogP contribution in [0, 0.1) is 0 Å². The first-order chi connectivity index (χ1) is 9.13. The summed E-state index contributed by atoms with van der Waals surface area (Å²) in [5, 5.41) is 0. The number of rotatable bonds is 3. The average molecular weight is 281 g/mol. The molecule has 7 heteroatoms. The summed E-state index contributed by atoms with van der Waals surface area (Å²) >= 11 is 4.91. The van der Waals surface area contributed by atoms with Crippen LogP contribution in [0.4, 0.5) is 5.82 Å². The molecule has 19 heavy (non-hydrogen) atoms. The third kappa shape index (κ3) is 2.99. The van der Waals surface area contributed by atoms with E-state index < -0.39 is 6.04 Å². The van der Waals surface area contributed by atoms with Crippen molar-refractivity contribution in [3.63, 3.8) is 0 Å². The minimum Gasteiger partial charge on any atom is -0.467 e. The van der Waals surface area contributed by atoms with Crippen molar-refractivity contribution in [2.24, 2.45) is 5.73 Å². The third-order valence-electron chi connectivity index (χ3n) is 2.88. The monoisotopic (exact) mass is 281 g/mol.